The summed E-state index contributed by atoms with van der Waals surface area (Å²) in [6, 6.07) is 12.4. The van der Waals surface area contributed by atoms with Crippen LogP contribution in [0.5, 0.6) is 33.8 Å². The summed E-state index contributed by atoms with van der Waals surface area (Å²) in [5.41, 5.74) is 1.80. The predicted octanol–water partition coefficient (Wildman–Crippen LogP) is 3.14. The third kappa shape index (κ3) is 6.48. The van der Waals surface area contributed by atoms with Gasteiger partial charge in [-0.1, -0.05) is 6.07 Å². The maximum absolute atomic E-state index is 12.4. The summed E-state index contributed by atoms with van der Waals surface area (Å²) < 4.78 is 38.4. The number of aromatic hydroxyl groups is 1. The second kappa shape index (κ2) is 13.7. The van der Waals surface area contributed by atoms with Crippen LogP contribution in [0.3, 0.4) is 0 Å². The van der Waals surface area contributed by atoms with E-state index in [2.05, 4.69) is 0 Å². The summed E-state index contributed by atoms with van der Waals surface area (Å²) in [5.74, 6) is 1.34. The van der Waals surface area contributed by atoms with E-state index in [-0.39, 0.29) is 43.4 Å². The Morgan fingerprint density at radius 2 is 1.78 bits per heavy atom. The first-order valence-corrected chi connectivity index (χ1v) is 15.2. The Hall–Kier alpha value is -3.79. The number of rotatable bonds is 8. The highest BCUT2D eigenvalue weighted by molar-refractivity contribution is 7.11. The first-order chi connectivity index (χ1) is 21.9. The summed E-state index contributed by atoms with van der Waals surface area (Å²) in [6.45, 7) is -0.0200. The fraction of sp³-hybridized carbons (Fsp3) is 0.452. The number of carbonyl (C=O) groups excluding carboxylic acids is 1. The van der Waals surface area contributed by atoms with Crippen molar-refractivity contribution in [2.45, 2.75) is 43.5 Å². The van der Waals surface area contributed by atoms with Crippen LogP contribution in [0.15, 0.2) is 47.8 Å². The van der Waals surface area contributed by atoms with Crippen molar-refractivity contribution in [3.8, 4) is 33.8 Å². The van der Waals surface area contributed by atoms with Gasteiger partial charge in [-0.15, -0.1) is 11.3 Å². The standard InChI is InChI=1S/C23H24O10S.C8H10O3/c24-8-18-22(33-32-20-2-1-3-34-20)15(25)7-19(30-18)31-21-12-6-17-16(28-10-29-17)5-11(12)4-13-14(21)9-27-23(13)26;1-10-6-4-3-5-7(11-2)8(6)9/h1-3,5-6,13-15,18-19,21-22,24-25H,4,7-10H2;3-5,9H,1-2H3. The normalized spacial score (nSPS) is 27.8. The number of thiophene rings is 1. The van der Waals surface area contributed by atoms with Gasteiger partial charge in [-0.2, -0.15) is 4.89 Å². The molecule has 2 fully saturated rings. The molecule has 2 aromatic carbocycles. The molecule has 3 aliphatic heterocycles. The summed E-state index contributed by atoms with van der Waals surface area (Å²) in [5, 5.41) is 32.3. The van der Waals surface area contributed by atoms with E-state index in [0.29, 0.717) is 34.5 Å². The van der Waals surface area contributed by atoms with Gasteiger partial charge in [0.25, 0.3) is 0 Å². The molecule has 7 rings (SSSR count). The van der Waals surface area contributed by atoms with Crippen LogP contribution in [-0.4, -0.2) is 80.1 Å². The van der Waals surface area contributed by atoms with E-state index in [1.807, 2.05) is 23.6 Å². The Kier molecular flexibility index (Phi) is 9.49. The van der Waals surface area contributed by atoms with Crippen LogP contribution in [-0.2, 0) is 30.3 Å². The molecule has 0 spiro atoms. The maximum Gasteiger partial charge on any atom is 0.309 e. The Morgan fingerprint density at radius 3 is 2.47 bits per heavy atom. The van der Waals surface area contributed by atoms with E-state index in [1.165, 1.54) is 25.6 Å². The van der Waals surface area contributed by atoms with E-state index in [0.717, 1.165) is 11.1 Å². The highest BCUT2D eigenvalue weighted by Crippen LogP contribution is 2.49. The smallest absolute Gasteiger partial charge is 0.309 e. The minimum atomic E-state index is -1.01. The molecule has 3 N–H and O–H groups in total. The zero-order valence-corrected chi connectivity index (χ0v) is 25.3. The quantitative estimate of drug-likeness (QED) is 0.186. The van der Waals surface area contributed by atoms with Crippen LogP contribution in [0.1, 0.15) is 23.7 Å². The van der Waals surface area contributed by atoms with Crippen LogP contribution >= 0.6 is 11.3 Å². The lowest BCUT2D eigenvalue weighted by molar-refractivity contribution is -0.343. The van der Waals surface area contributed by atoms with Gasteiger partial charge in [-0.05, 0) is 59.3 Å². The van der Waals surface area contributed by atoms with Crippen LogP contribution in [0, 0.1) is 11.8 Å². The number of benzene rings is 2. The summed E-state index contributed by atoms with van der Waals surface area (Å²) in [6.07, 6.45) is -3.52. The molecule has 0 radical (unpaired) electrons. The number of aliphatic hydroxyl groups excluding tert-OH is 2. The van der Waals surface area contributed by atoms with Crippen molar-refractivity contribution in [3.63, 3.8) is 0 Å². The van der Waals surface area contributed by atoms with Crippen molar-refractivity contribution in [2.75, 3.05) is 34.2 Å². The Bertz CT molecular complexity index is 1440. The molecule has 0 bridgehead atoms. The van der Waals surface area contributed by atoms with Crippen LogP contribution in [0.25, 0.3) is 0 Å². The lowest BCUT2D eigenvalue weighted by Gasteiger charge is -2.41. The van der Waals surface area contributed by atoms with E-state index in [9.17, 15) is 20.1 Å². The molecule has 2 saturated heterocycles. The van der Waals surface area contributed by atoms with Crippen LogP contribution in [0.4, 0.5) is 0 Å². The Labute approximate surface area is 262 Å². The van der Waals surface area contributed by atoms with Crippen molar-refractivity contribution in [3.05, 3.63) is 59.0 Å². The van der Waals surface area contributed by atoms with Gasteiger partial charge in [0.15, 0.2) is 35.4 Å². The number of carbonyl (C=O) groups is 1. The third-order valence-electron chi connectivity index (χ3n) is 8.13. The van der Waals surface area contributed by atoms with E-state index in [4.69, 9.17) is 42.9 Å². The highest BCUT2D eigenvalue weighted by Gasteiger charge is 2.49. The molecular formula is C31H34O13S. The molecule has 7 atom stereocenters. The van der Waals surface area contributed by atoms with Crippen molar-refractivity contribution in [2.24, 2.45) is 11.8 Å². The molecule has 14 heteroatoms. The average molecular weight is 647 g/mol. The molecular weight excluding hydrogens is 612 g/mol. The van der Waals surface area contributed by atoms with Crippen LogP contribution in [0.2, 0.25) is 0 Å². The highest BCUT2D eigenvalue weighted by atomic mass is 32.1. The number of para-hydroxylation sites is 1. The molecule has 45 heavy (non-hydrogen) atoms. The molecule has 13 nitrogen and oxygen atoms in total. The van der Waals surface area contributed by atoms with Gasteiger partial charge in [0, 0.05) is 12.3 Å². The lowest BCUT2D eigenvalue weighted by atomic mass is 9.75. The summed E-state index contributed by atoms with van der Waals surface area (Å²) in [7, 11) is 2.99. The topological polar surface area (TPSA) is 161 Å². The SMILES string of the molecule is COc1cccc(OC)c1O.O=C1OCC2C1Cc1cc3c(cc1C2OC1CC(O)C(OOc2cccs2)C(CO)O1)OCO3. The lowest BCUT2D eigenvalue weighted by Crippen LogP contribution is -2.52. The van der Waals surface area contributed by atoms with Gasteiger partial charge in [0.1, 0.15) is 6.10 Å². The molecule has 0 saturated carbocycles. The van der Waals surface area contributed by atoms with Gasteiger partial charge >= 0.3 is 5.97 Å². The summed E-state index contributed by atoms with van der Waals surface area (Å²) >= 11 is 1.34. The van der Waals surface area contributed by atoms with E-state index >= 15 is 0 Å². The number of hydrogen-bond acceptors (Lipinski definition) is 14. The average Bonchev–Trinajstić information content (AvgIpc) is 3.82. The van der Waals surface area contributed by atoms with Gasteiger partial charge in [0.05, 0.1) is 45.6 Å². The Balaban J connectivity index is 0.000000276. The first-order valence-electron chi connectivity index (χ1n) is 14.4. The van der Waals surface area contributed by atoms with Crippen molar-refractivity contribution < 1.29 is 63.0 Å². The minimum Gasteiger partial charge on any atom is -0.502 e. The first kappa shape index (κ1) is 31.2. The molecule has 242 valence electrons. The number of phenols is 1. The zero-order valence-electron chi connectivity index (χ0n) is 24.5. The zero-order chi connectivity index (χ0) is 31.5. The monoisotopic (exact) mass is 646 g/mol. The molecule has 3 aromatic rings. The van der Waals surface area contributed by atoms with Crippen molar-refractivity contribution >= 4 is 17.3 Å². The maximum atomic E-state index is 12.4. The number of esters is 1. The fourth-order valence-corrected chi connectivity index (χ4v) is 6.40. The number of aliphatic hydroxyl groups is 2. The second-order valence-electron chi connectivity index (χ2n) is 10.7. The van der Waals surface area contributed by atoms with E-state index in [1.54, 1.807) is 24.3 Å². The Morgan fingerprint density at radius 1 is 1.02 bits per heavy atom. The third-order valence-corrected chi connectivity index (χ3v) is 8.86. The molecule has 0 amide bonds. The minimum absolute atomic E-state index is 0.0394. The number of hydrogen-bond donors (Lipinski definition) is 3. The molecule has 7 unspecified atom stereocenters. The molecule has 4 aliphatic rings. The van der Waals surface area contributed by atoms with Gasteiger partial charge in [0.2, 0.25) is 17.6 Å². The van der Waals surface area contributed by atoms with Crippen molar-refractivity contribution in [1.82, 2.24) is 0 Å². The van der Waals surface area contributed by atoms with Gasteiger partial charge in [-0.3, -0.25) is 4.79 Å². The summed E-state index contributed by atoms with van der Waals surface area (Å²) in [4.78, 5) is 23.1. The number of ether oxygens (including phenoxy) is 7. The molecule has 1 aliphatic carbocycles. The van der Waals surface area contributed by atoms with Gasteiger partial charge < -0.3 is 53.4 Å². The molecule has 4 heterocycles. The van der Waals surface area contributed by atoms with Crippen LogP contribution < -0.4 is 23.8 Å². The van der Waals surface area contributed by atoms with Crippen molar-refractivity contribution in [1.29, 1.82) is 0 Å². The van der Waals surface area contributed by atoms with Gasteiger partial charge in [-0.25, -0.2) is 0 Å². The van der Waals surface area contributed by atoms with E-state index < -0.39 is 37.3 Å². The fourth-order valence-electron chi connectivity index (χ4n) is 5.87. The number of phenolic OH excluding ortho intramolecular Hbond substituents is 1. The molecule has 1 aromatic heterocycles. The number of cyclic esters (lactones) is 1. The largest absolute Gasteiger partial charge is 0.502 e. The number of methoxy groups -OCH3 is 2. The predicted molar refractivity (Wildman–Crippen MR) is 155 cm³/mol. The number of fused-ring (bicyclic) bond motifs is 3. The second-order valence-corrected chi connectivity index (χ2v) is 11.7.